The second-order valence-electron chi connectivity index (χ2n) is 6.03. The van der Waals surface area contributed by atoms with Crippen molar-refractivity contribution in [3.8, 4) is 0 Å². The van der Waals surface area contributed by atoms with E-state index in [4.69, 9.17) is 5.73 Å². The molecule has 3 amide bonds. The van der Waals surface area contributed by atoms with Gasteiger partial charge in [0.15, 0.2) is 0 Å². The van der Waals surface area contributed by atoms with Crippen LogP contribution in [-0.4, -0.2) is 11.9 Å². The third kappa shape index (κ3) is 3.74. The molecular weight excluding hydrogens is 302 g/mol. The first kappa shape index (κ1) is 16.1. The zero-order chi connectivity index (χ0) is 16.9. The first-order valence-corrected chi connectivity index (χ1v) is 8.13. The molecule has 0 saturated carbocycles. The molecule has 1 aliphatic rings. The average Bonchev–Trinajstić information content (AvgIpc) is 3.06. The molecule has 3 rings (SSSR count). The zero-order valence-electron chi connectivity index (χ0n) is 13.4. The van der Waals surface area contributed by atoms with Crippen molar-refractivity contribution >= 4 is 11.9 Å². The molecule has 0 aliphatic heterocycles. The number of fused-ring (bicyclic) bond motifs is 1. The smallest absolute Gasteiger partial charge is 0.315 e. The molecular formula is C19H21N3O2. The molecule has 5 heteroatoms. The number of primary amides is 1. The Balaban J connectivity index is 1.59. The van der Waals surface area contributed by atoms with Crippen LogP contribution in [0.3, 0.4) is 0 Å². The minimum absolute atomic E-state index is 0.414. The average molecular weight is 323 g/mol. The first-order chi connectivity index (χ1) is 11.6. The maximum absolute atomic E-state index is 12.1. The van der Waals surface area contributed by atoms with Gasteiger partial charge in [-0.15, -0.1) is 0 Å². The molecule has 0 spiro atoms. The molecule has 0 heterocycles. The molecule has 0 bridgehead atoms. The highest BCUT2D eigenvalue weighted by Crippen LogP contribution is 2.22. The molecule has 1 unspecified atom stereocenters. The Kier molecular flexibility index (Phi) is 4.79. The quantitative estimate of drug-likeness (QED) is 0.788. The number of nitrogens with one attached hydrogen (secondary N) is 2. The summed E-state index contributed by atoms with van der Waals surface area (Å²) in [7, 11) is 0. The maximum Gasteiger partial charge on any atom is 0.315 e. The Hall–Kier alpha value is -2.82. The zero-order valence-corrected chi connectivity index (χ0v) is 13.4. The summed E-state index contributed by atoms with van der Waals surface area (Å²) in [6, 6.07) is 14.0. The van der Waals surface area contributed by atoms with E-state index in [0.29, 0.717) is 12.1 Å². The second-order valence-corrected chi connectivity index (χ2v) is 6.03. The normalized spacial score (nSPS) is 13.8. The van der Waals surface area contributed by atoms with Gasteiger partial charge in [-0.05, 0) is 41.5 Å². The number of urea groups is 1. The molecule has 24 heavy (non-hydrogen) atoms. The summed E-state index contributed by atoms with van der Waals surface area (Å²) in [6.45, 7) is 0.416. The lowest BCUT2D eigenvalue weighted by atomic mass is 10.1. The van der Waals surface area contributed by atoms with Gasteiger partial charge < -0.3 is 16.4 Å². The van der Waals surface area contributed by atoms with Gasteiger partial charge in [0.25, 0.3) is 0 Å². The fourth-order valence-corrected chi connectivity index (χ4v) is 3.06. The minimum Gasteiger partial charge on any atom is -0.368 e. The van der Waals surface area contributed by atoms with Crippen LogP contribution >= 0.6 is 0 Å². The third-order valence-corrected chi connectivity index (χ3v) is 4.31. The highest BCUT2D eigenvalue weighted by Gasteiger charge is 2.19. The van der Waals surface area contributed by atoms with E-state index in [1.807, 2.05) is 12.1 Å². The SMILES string of the molecule is NC(=O)C(NC(=O)NCc1ccc2c(c1)CCC2)c1ccccc1. The molecule has 2 aromatic carbocycles. The van der Waals surface area contributed by atoms with E-state index in [9.17, 15) is 9.59 Å². The fourth-order valence-electron chi connectivity index (χ4n) is 3.06. The Bertz CT molecular complexity index is 744. The molecule has 0 saturated heterocycles. The number of amides is 3. The summed E-state index contributed by atoms with van der Waals surface area (Å²) < 4.78 is 0. The van der Waals surface area contributed by atoms with E-state index in [1.54, 1.807) is 24.3 Å². The summed E-state index contributed by atoms with van der Waals surface area (Å²) >= 11 is 0. The van der Waals surface area contributed by atoms with Gasteiger partial charge >= 0.3 is 6.03 Å². The number of carbonyl (C=O) groups is 2. The van der Waals surface area contributed by atoms with Crippen molar-refractivity contribution in [2.45, 2.75) is 31.8 Å². The van der Waals surface area contributed by atoms with Gasteiger partial charge in [0.05, 0.1) is 0 Å². The maximum atomic E-state index is 12.1. The molecule has 0 fully saturated rings. The highest BCUT2D eigenvalue weighted by atomic mass is 16.2. The number of aryl methyl sites for hydroxylation is 2. The van der Waals surface area contributed by atoms with Crippen molar-refractivity contribution in [2.75, 3.05) is 0 Å². The lowest BCUT2D eigenvalue weighted by Crippen LogP contribution is -2.42. The van der Waals surface area contributed by atoms with Crippen LogP contribution in [0.15, 0.2) is 48.5 Å². The van der Waals surface area contributed by atoms with E-state index in [2.05, 4.69) is 22.8 Å². The monoisotopic (exact) mass is 323 g/mol. The largest absolute Gasteiger partial charge is 0.368 e. The fraction of sp³-hybridized carbons (Fsp3) is 0.263. The number of rotatable bonds is 5. The van der Waals surface area contributed by atoms with Crippen molar-refractivity contribution in [3.63, 3.8) is 0 Å². The van der Waals surface area contributed by atoms with Crippen LogP contribution in [0.2, 0.25) is 0 Å². The van der Waals surface area contributed by atoms with E-state index >= 15 is 0 Å². The minimum atomic E-state index is -0.841. The number of benzene rings is 2. The van der Waals surface area contributed by atoms with Crippen LogP contribution in [0.5, 0.6) is 0 Å². The van der Waals surface area contributed by atoms with E-state index < -0.39 is 18.0 Å². The Morgan fingerprint density at radius 3 is 2.54 bits per heavy atom. The van der Waals surface area contributed by atoms with Gasteiger partial charge in [-0.3, -0.25) is 4.79 Å². The van der Waals surface area contributed by atoms with Crippen LogP contribution in [0.25, 0.3) is 0 Å². The van der Waals surface area contributed by atoms with E-state index in [0.717, 1.165) is 18.4 Å². The van der Waals surface area contributed by atoms with E-state index in [-0.39, 0.29) is 0 Å². The van der Waals surface area contributed by atoms with Gasteiger partial charge in [-0.25, -0.2) is 4.79 Å². The number of hydrogen-bond acceptors (Lipinski definition) is 2. The van der Waals surface area contributed by atoms with Crippen molar-refractivity contribution < 1.29 is 9.59 Å². The number of hydrogen-bond donors (Lipinski definition) is 3. The van der Waals surface area contributed by atoms with Crippen LogP contribution in [0.4, 0.5) is 4.79 Å². The molecule has 2 aromatic rings. The molecule has 4 N–H and O–H groups in total. The predicted molar refractivity (Wildman–Crippen MR) is 92.2 cm³/mol. The predicted octanol–water partition coefficient (Wildman–Crippen LogP) is 2.20. The van der Waals surface area contributed by atoms with Crippen LogP contribution in [0, 0.1) is 0 Å². The van der Waals surface area contributed by atoms with Crippen LogP contribution in [0.1, 0.15) is 34.7 Å². The Labute approximate surface area is 141 Å². The van der Waals surface area contributed by atoms with Gasteiger partial charge in [0.1, 0.15) is 6.04 Å². The van der Waals surface area contributed by atoms with Crippen molar-refractivity contribution in [1.82, 2.24) is 10.6 Å². The van der Waals surface area contributed by atoms with Crippen molar-refractivity contribution in [2.24, 2.45) is 5.73 Å². The number of carbonyl (C=O) groups excluding carboxylic acids is 2. The summed E-state index contributed by atoms with van der Waals surface area (Å²) in [4.78, 5) is 23.7. The van der Waals surface area contributed by atoms with Crippen LogP contribution < -0.4 is 16.4 Å². The number of nitrogens with two attached hydrogens (primary N) is 1. The lowest BCUT2D eigenvalue weighted by Gasteiger charge is -2.16. The lowest BCUT2D eigenvalue weighted by molar-refractivity contribution is -0.119. The standard InChI is InChI=1S/C19H21N3O2/c20-18(23)17(15-5-2-1-3-6-15)22-19(24)21-12-13-9-10-14-7-4-8-16(14)11-13/h1-3,5-6,9-11,17H,4,7-8,12H2,(H2,20,23)(H2,21,22,24). The van der Waals surface area contributed by atoms with Gasteiger partial charge in [-0.2, -0.15) is 0 Å². The first-order valence-electron chi connectivity index (χ1n) is 8.13. The van der Waals surface area contributed by atoms with Gasteiger partial charge in [0.2, 0.25) is 5.91 Å². The van der Waals surface area contributed by atoms with E-state index in [1.165, 1.54) is 17.5 Å². The molecule has 0 radical (unpaired) electrons. The summed E-state index contributed by atoms with van der Waals surface area (Å²) in [5.74, 6) is -0.589. The second kappa shape index (κ2) is 7.17. The molecule has 1 aliphatic carbocycles. The molecule has 0 aromatic heterocycles. The summed E-state index contributed by atoms with van der Waals surface area (Å²) in [5.41, 5.74) is 9.90. The Morgan fingerprint density at radius 1 is 1.04 bits per heavy atom. The third-order valence-electron chi connectivity index (χ3n) is 4.31. The van der Waals surface area contributed by atoms with Crippen LogP contribution in [-0.2, 0) is 24.2 Å². The topological polar surface area (TPSA) is 84.2 Å². The van der Waals surface area contributed by atoms with Gasteiger partial charge in [0, 0.05) is 6.54 Å². The van der Waals surface area contributed by atoms with Gasteiger partial charge in [-0.1, -0.05) is 48.5 Å². The molecule has 5 nitrogen and oxygen atoms in total. The molecule has 124 valence electrons. The molecule has 1 atom stereocenters. The summed E-state index contributed by atoms with van der Waals surface area (Å²) in [5, 5.41) is 5.42. The van der Waals surface area contributed by atoms with Crippen molar-refractivity contribution in [1.29, 1.82) is 0 Å². The summed E-state index contributed by atoms with van der Waals surface area (Å²) in [6.07, 6.45) is 3.44. The van der Waals surface area contributed by atoms with Crippen molar-refractivity contribution in [3.05, 3.63) is 70.8 Å². The highest BCUT2D eigenvalue weighted by molar-refractivity contribution is 5.86. The Morgan fingerprint density at radius 2 is 1.79 bits per heavy atom.